The largest absolute Gasteiger partial charge is 0.477 e. The number of carboxylic acids is 4. The minimum atomic E-state index is -1.67. The molecule has 20 heavy (non-hydrogen) atoms. The Bertz CT molecular complexity index is 432. The second-order valence-corrected chi connectivity index (χ2v) is 5.14. The fraction of sp³-hybridized carbons (Fsp3) is 0.636. The molecular weight excluding hydrogens is 274 g/mol. The van der Waals surface area contributed by atoms with Crippen LogP contribution < -0.4 is 0 Å². The Balaban J connectivity index is 3.35. The van der Waals surface area contributed by atoms with Crippen molar-refractivity contribution in [3.05, 3.63) is 0 Å². The number of aliphatic carboxylic acids is 4. The average Bonchev–Trinajstić information content (AvgIpc) is 2.88. The maximum absolute atomic E-state index is 11.5. The molecule has 1 saturated carbocycles. The summed E-state index contributed by atoms with van der Waals surface area (Å²) in [5.41, 5.74) is -1.67. The Kier molecular flexibility index (Phi) is 4.04. The molecule has 1 aliphatic rings. The molecule has 1 aliphatic carbocycles. The Hall–Kier alpha value is -2.16. The highest BCUT2D eigenvalue weighted by molar-refractivity contribution is 5.84. The van der Waals surface area contributed by atoms with Gasteiger partial charge >= 0.3 is 23.9 Å². The molecule has 0 aromatic heterocycles. The van der Waals surface area contributed by atoms with Gasteiger partial charge in [0.2, 0.25) is 5.54 Å². The van der Waals surface area contributed by atoms with Crippen LogP contribution in [0.4, 0.5) is 0 Å². The maximum atomic E-state index is 11.5. The summed E-state index contributed by atoms with van der Waals surface area (Å²) in [6.07, 6.45) is 0.0518. The van der Waals surface area contributed by atoms with Crippen molar-refractivity contribution >= 4 is 23.9 Å². The minimum Gasteiger partial charge on any atom is -0.477 e. The van der Waals surface area contributed by atoms with Crippen LogP contribution in [0.1, 0.15) is 13.3 Å². The summed E-state index contributed by atoms with van der Waals surface area (Å²) in [5, 5.41) is 36.2. The van der Waals surface area contributed by atoms with Crippen LogP contribution >= 0.6 is 0 Å². The second-order valence-electron chi connectivity index (χ2n) is 5.14. The standard InChI is InChI=1S/C11H15NO8/c1-6-2-11(6,10(19)20)12(3-7(13)14,4-8(15)16)5-9(17)18/h6H,2-5H2,1H3,(H3-,13,14,15,16,17,18,19,20)/p+1. The summed E-state index contributed by atoms with van der Waals surface area (Å²) < 4.78 is -1.02. The molecule has 0 spiro atoms. The van der Waals surface area contributed by atoms with Gasteiger partial charge in [0.15, 0.2) is 19.6 Å². The number of quaternary nitrogens is 1. The number of nitrogens with zero attached hydrogens (tertiary/aromatic N) is 1. The van der Waals surface area contributed by atoms with E-state index >= 15 is 0 Å². The summed E-state index contributed by atoms with van der Waals surface area (Å²) in [5.74, 6) is -6.17. The summed E-state index contributed by atoms with van der Waals surface area (Å²) in [7, 11) is 0. The molecule has 0 aromatic carbocycles. The highest BCUT2D eigenvalue weighted by Gasteiger charge is 2.73. The van der Waals surface area contributed by atoms with Gasteiger partial charge in [0.05, 0.1) is 0 Å². The third kappa shape index (κ3) is 2.57. The number of hydrogen-bond acceptors (Lipinski definition) is 4. The van der Waals surface area contributed by atoms with E-state index in [4.69, 9.17) is 15.3 Å². The molecule has 0 heterocycles. The molecule has 2 unspecified atom stereocenters. The zero-order valence-electron chi connectivity index (χ0n) is 10.8. The van der Waals surface area contributed by atoms with E-state index in [9.17, 15) is 24.3 Å². The Morgan fingerprint density at radius 2 is 1.25 bits per heavy atom. The normalized spacial score (nSPS) is 24.9. The third-order valence-electron chi connectivity index (χ3n) is 3.80. The average molecular weight is 290 g/mol. The summed E-state index contributed by atoms with van der Waals surface area (Å²) >= 11 is 0. The first-order valence-electron chi connectivity index (χ1n) is 5.82. The van der Waals surface area contributed by atoms with E-state index in [-0.39, 0.29) is 6.42 Å². The molecule has 0 amide bonds. The van der Waals surface area contributed by atoms with Crippen molar-refractivity contribution in [1.82, 2.24) is 0 Å². The summed E-state index contributed by atoms with van der Waals surface area (Å²) in [6.45, 7) is -1.06. The molecule has 0 radical (unpaired) electrons. The molecule has 2 atom stereocenters. The fourth-order valence-corrected chi connectivity index (χ4v) is 2.94. The van der Waals surface area contributed by atoms with E-state index in [0.717, 1.165) is 0 Å². The van der Waals surface area contributed by atoms with Crippen LogP contribution in [0.3, 0.4) is 0 Å². The van der Waals surface area contributed by atoms with Gasteiger partial charge in [-0.05, 0) is 0 Å². The van der Waals surface area contributed by atoms with Crippen molar-refractivity contribution in [2.75, 3.05) is 19.6 Å². The molecular formula is C11H16NO8+. The lowest BCUT2D eigenvalue weighted by Gasteiger charge is -2.40. The molecule has 4 N–H and O–H groups in total. The third-order valence-corrected chi connectivity index (χ3v) is 3.80. The quantitative estimate of drug-likeness (QED) is 0.412. The van der Waals surface area contributed by atoms with E-state index in [1.165, 1.54) is 6.92 Å². The summed E-state index contributed by atoms with van der Waals surface area (Å²) in [4.78, 5) is 44.5. The molecule has 0 aliphatic heterocycles. The molecule has 9 heteroatoms. The Morgan fingerprint density at radius 1 is 0.950 bits per heavy atom. The molecule has 0 bridgehead atoms. The van der Waals surface area contributed by atoms with Gasteiger partial charge in [0.1, 0.15) is 0 Å². The van der Waals surface area contributed by atoms with Crippen molar-refractivity contribution < 1.29 is 44.1 Å². The smallest absolute Gasteiger partial charge is 0.366 e. The van der Waals surface area contributed by atoms with Gasteiger partial charge in [-0.15, -0.1) is 0 Å². The first-order chi connectivity index (χ1) is 9.07. The van der Waals surface area contributed by atoms with E-state index in [1.807, 2.05) is 0 Å². The van der Waals surface area contributed by atoms with E-state index < -0.39 is 59.5 Å². The zero-order valence-corrected chi connectivity index (χ0v) is 10.8. The lowest BCUT2D eigenvalue weighted by molar-refractivity contribution is -0.935. The van der Waals surface area contributed by atoms with Gasteiger partial charge in [0, 0.05) is 12.3 Å². The second kappa shape index (κ2) is 5.08. The minimum absolute atomic E-state index is 0.0518. The first-order valence-corrected chi connectivity index (χ1v) is 5.82. The molecule has 112 valence electrons. The van der Waals surface area contributed by atoms with E-state index in [1.54, 1.807) is 0 Å². The van der Waals surface area contributed by atoms with Gasteiger partial charge in [-0.25, -0.2) is 19.2 Å². The topological polar surface area (TPSA) is 149 Å². The van der Waals surface area contributed by atoms with Crippen LogP contribution in [-0.2, 0) is 19.2 Å². The van der Waals surface area contributed by atoms with Crippen LogP contribution in [0.5, 0.6) is 0 Å². The van der Waals surface area contributed by atoms with E-state index in [2.05, 4.69) is 0 Å². The van der Waals surface area contributed by atoms with Gasteiger partial charge in [-0.2, -0.15) is 0 Å². The SMILES string of the molecule is CC1CC1(C(=O)O)[N+](CC(=O)O)(CC(=O)O)CC(=O)O. The highest BCUT2D eigenvalue weighted by atomic mass is 16.4. The van der Waals surface area contributed by atoms with Gasteiger partial charge in [-0.1, -0.05) is 6.92 Å². The zero-order chi connectivity index (χ0) is 15.7. The van der Waals surface area contributed by atoms with Crippen molar-refractivity contribution in [3.8, 4) is 0 Å². The molecule has 1 fully saturated rings. The Morgan fingerprint density at radius 3 is 1.40 bits per heavy atom. The van der Waals surface area contributed by atoms with Crippen molar-refractivity contribution in [1.29, 1.82) is 0 Å². The fourth-order valence-electron chi connectivity index (χ4n) is 2.94. The maximum Gasteiger partial charge on any atom is 0.366 e. The first kappa shape index (κ1) is 15.9. The lowest BCUT2D eigenvalue weighted by atomic mass is 10.1. The Labute approximate surface area is 113 Å². The molecule has 0 aromatic rings. The van der Waals surface area contributed by atoms with Crippen LogP contribution in [0.2, 0.25) is 0 Å². The van der Waals surface area contributed by atoms with Gasteiger partial charge in [-0.3, -0.25) is 4.48 Å². The van der Waals surface area contributed by atoms with Crippen LogP contribution in [0.15, 0.2) is 0 Å². The number of carbonyl (C=O) groups is 4. The van der Waals surface area contributed by atoms with Crippen molar-refractivity contribution in [2.45, 2.75) is 18.9 Å². The summed E-state index contributed by atoms with van der Waals surface area (Å²) in [6, 6.07) is 0. The van der Waals surface area contributed by atoms with Crippen LogP contribution in [-0.4, -0.2) is 74.0 Å². The predicted octanol–water partition coefficient (Wildman–Crippen LogP) is -1.08. The van der Waals surface area contributed by atoms with Crippen LogP contribution in [0.25, 0.3) is 0 Å². The number of rotatable bonds is 8. The van der Waals surface area contributed by atoms with Gasteiger partial charge < -0.3 is 20.4 Å². The molecule has 9 nitrogen and oxygen atoms in total. The number of hydrogen-bond donors (Lipinski definition) is 4. The van der Waals surface area contributed by atoms with Gasteiger partial charge in [0.25, 0.3) is 0 Å². The lowest BCUT2D eigenvalue weighted by Crippen LogP contribution is -2.67. The predicted molar refractivity (Wildman–Crippen MR) is 61.9 cm³/mol. The molecule has 1 rings (SSSR count). The molecule has 0 saturated heterocycles. The van der Waals surface area contributed by atoms with Crippen molar-refractivity contribution in [3.63, 3.8) is 0 Å². The van der Waals surface area contributed by atoms with Crippen LogP contribution in [0, 0.1) is 5.92 Å². The highest BCUT2D eigenvalue weighted by Crippen LogP contribution is 2.52. The van der Waals surface area contributed by atoms with E-state index in [0.29, 0.717) is 0 Å². The van der Waals surface area contributed by atoms with Crippen molar-refractivity contribution in [2.24, 2.45) is 5.92 Å². The number of carboxylic acid groups (broad SMARTS) is 4. The monoisotopic (exact) mass is 290 g/mol.